The summed E-state index contributed by atoms with van der Waals surface area (Å²) in [7, 11) is 0. The summed E-state index contributed by atoms with van der Waals surface area (Å²) in [5, 5.41) is 13.3. The van der Waals surface area contributed by atoms with E-state index in [2.05, 4.69) is 15.5 Å². The van der Waals surface area contributed by atoms with Gasteiger partial charge in [-0.3, -0.25) is 15.2 Å². The van der Waals surface area contributed by atoms with Gasteiger partial charge >= 0.3 is 5.97 Å². The Bertz CT molecular complexity index is 850. The zero-order valence-corrected chi connectivity index (χ0v) is 13.7. The van der Waals surface area contributed by atoms with Gasteiger partial charge in [-0.05, 0) is 30.3 Å². The molecule has 9 heteroatoms. The number of hydrazone groups is 1. The molecule has 1 aromatic carbocycles. The molecule has 6 nitrogen and oxygen atoms in total. The Labute approximate surface area is 145 Å². The minimum Gasteiger partial charge on any atom is -0.481 e. The molecule has 2 aromatic rings. The van der Waals surface area contributed by atoms with Crippen LogP contribution in [0.5, 0.6) is 0 Å². The first-order valence-electron chi connectivity index (χ1n) is 6.80. The van der Waals surface area contributed by atoms with Crippen molar-refractivity contribution in [2.75, 3.05) is 12.3 Å². The van der Waals surface area contributed by atoms with Crippen LogP contribution in [0.25, 0.3) is 11.3 Å². The van der Waals surface area contributed by atoms with Gasteiger partial charge in [-0.15, -0.1) is 0 Å². The Morgan fingerprint density at radius 1 is 1.38 bits per heavy atom. The number of carboxylic acid groups (broad SMARTS) is 1. The van der Waals surface area contributed by atoms with Crippen LogP contribution in [0.2, 0.25) is 5.02 Å². The van der Waals surface area contributed by atoms with Gasteiger partial charge in [-0.2, -0.15) is 5.10 Å². The number of amidine groups is 1. The molecule has 0 atom stereocenters. The van der Waals surface area contributed by atoms with Gasteiger partial charge in [0.1, 0.15) is 16.6 Å². The largest absolute Gasteiger partial charge is 0.481 e. The average Bonchev–Trinajstić information content (AvgIpc) is 3.06. The molecule has 2 heterocycles. The van der Waals surface area contributed by atoms with Crippen molar-refractivity contribution in [3.05, 3.63) is 46.9 Å². The standard InChI is InChI=1S/C15H11ClFN3O3S/c16-9-5-8(1-2-10(9)17)11-3-4-12(23-11)15-18-6-13(19-20-15)24-7-14(21)22/h1-5H,6-7H2,(H,18,20)(H,21,22). The highest BCUT2D eigenvalue weighted by atomic mass is 35.5. The van der Waals surface area contributed by atoms with Gasteiger partial charge in [-0.25, -0.2) is 4.39 Å². The van der Waals surface area contributed by atoms with E-state index in [9.17, 15) is 9.18 Å². The molecule has 0 bridgehead atoms. The molecule has 0 amide bonds. The van der Waals surface area contributed by atoms with Crippen LogP contribution < -0.4 is 5.43 Å². The summed E-state index contributed by atoms with van der Waals surface area (Å²) < 4.78 is 18.9. The first-order chi connectivity index (χ1) is 11.5. The fraction of sp³-hybridized carbons (Fsp3) is 0.133. The van der Waals surface area contributed by atoms with Crippen LogP contribution >= 0.6 is 23.4 Å². The number of aliphatic carboxylic acids is 1. The maximum atomic E-state index is 13.2. The van der Waals surface area contributed by atoms with E-state index in [1.54, 1.807) is 18.2 Å². The quantitative estimate of drug-likeness (QED) is 0.866. The number of benzene rings is 1. The third kappa shape index (κ3) is 3.77. The summed E-state index contributed by atoms with van der Waals surface area (Å²) in [6.07, 6.45) is 0. The smallest absolute Gasteiger partial charge is 0.313 e. The van der Waals surface area contributed by atoms with Crippen LogP contribution in [0.4, 0.5) is 4.39 Å². The Balaban J connectivity index is 1.70. The number of carbonyl (C=O) groups is 1. The van der Waals surface area contributed by atoms with Gasteiger partial charge in [0.2, 0.25) is 0 Å². The molecule has 1 aliphatic rings. The summed E-state index contributed by atoms with van der Waals surface area (Å²) in [5.74, 6) is -0.0453. The summed E-state index contributed by atoms with van der Waals surface area (Å²) in [5.41, 5.74) is 3.38. The number of nitrogens with zero attached hydrogens (tertiary/aromatic N) is 2. The number of rotatable bonds is 4. The fourth-order valence-corrected chi connectivity index (χ4v) is 2.70. The second-order valence-corrected chi connectivity index (χ2v) is 6.21. The highest BCUT2D eigenvalue weighted by molar-refractivity contribution is 8.14. The molecule has 2 N–H and O–H groups in total. The van der Waals surface area contributed by atoms with E-state index in [0.717, 1.165) is 11.8 Å². The molecule has 1 aromatic heterocycles. The van der Waals surface area contributed by atoms with Crippen molar-refractivity contribution < 1.29 is 18.7 Å². The van der Waals surface area contributed by atoms with Crippen LogP contribution in [0, 0.1) is 5.82 Å². The number of carboxylic acids is 1. The molecular weight excluding hydrogens is 357 g/mol. The molecule has 24 heavy (non-hydrogen) atoms. The summed E-state index contributed by atoms with van der Waals surface area (Å²) in [6.45, 7) is 0.276. The number of thioether (sulfide) groups is 1. The fourth-order valence-electron chi connectivity index (χ4n) is 1.96. The van der Waals surface area contributed by atoms with E-state index in [1.165, 1.54) is 12.1 Å². The first kappa shape index (κ1) is 16.5. The molecule has 124 valence electrons. The molecule has 3 rings (SSSR count). The van der Waals surface area contributed by atoms with Crippen LogP contribution in [0.1, 0.15) is 5.76 Å². The Morgan fingerprint density at radius 3 is 2.83 bits per heavy atom. The average molecular weight is 368 g/mol. The van der Waals surface area contributed by atoms with Crippen molar-refractivity contribution in [2.24, 2.45) is 10.1 Å². The lowest BCUT2D eigenvalue weighted by molar-refractivity contribution is -0.133. The molecule has 0 radical (unpaired) electrons. The minimum absolute atomic E-state index is 0.0169. The molecule has 0 spiro atoms. The Kier molecular flexibility index (Phi) is 4.86. The lowest BCUT2D eigenvalue weighted by Crippen LogP contribution is -2.26. The molecule has 0 saturated heterocycles. The van der Waals surface area contributed by atoms with Gasteiger partial charge in [0.15, 0.2) is 11.6 Å². The van der Waals surface area contributed by atoms with E-state index in [-0.39, 0.29) is 17.3 Å². The third-order valence-electron chi connectivity index (χ3n) is 3.06. The molecular formula is C15H11ClFN3O3S. The van der Waals surface area contributed by atoms with E-state index in [0.29, 0.717) is 28.0 Å². The van der Waals surface area contributed by atoms with E-state index < -0.39 is 11.8 Å². The van der Waals surface area contributed by atoms with E-state index >= 15 is 0 Å². The summed E-state index contributed by atoms with van der Waals surface area (Å²) in [6, 6.07) is 7.75. The van der Waals surface area contributed by atoms with Crippen molar-refractivity contribution in [1.29, 1.82) is 0 Å². The Morgan fingerprint density at radius 2 is 2.17 bits per heavy atom. The minimum atomic E-state index is -0.911. The maximum absolute atomic E-state index is 13.2. The van der Waals surface area contributed by atoms with Crippen molar-refractivity contribution in [3.8, 4) is 11.3 Å². The monoisotopic (exact) mass is 367 g/mol. The van der Waals surface area contributed by atoms with Gasteiger partial charge < -0.3 is 9.52 Å². The van der Waals surface area contributed by atoms with Gasteiger partial charge in [0.05, 0.1) is 17.3 Å². The van der Waals surface area contributed by atoms with Crippen molar-refractivity contribution in [1.82, 2.24) is 5.43 Å². The van der Waals surface area contributed by atoms with E-state index in [4.69, 9.17) is 21.1 Å². The SMILES string of the molecule is O=C(O)CSC1=NNC(c2ccc(-c3ccc(F)c(Cl)c3)o2)=NC1. The number of hydrogen-bond donors (Lipinski definition) is 2. The van der Waals surface area contributed by atoms with E-state index in [1.807, 2.05) is 0 Å². The zero-order valence-electron chi connectivity index (χ0n) is 12.1. The molecule has 0 fully saturated rings. The van der Waals surface area contributed by atoms with Crippen molar-refractivity contribution >= 4 is 40.2 Å². The van der Waals surface area contributed by atoms with Crippen LogP contribution in [0.3, 0.4) is 0 Å². The molecule has 0 saturated carbocycles. The number of nitrogens with one attached hydrogen (secondary N) is 1. The number of halogens is 2. The van der Waals surface area contributed by atoms with Crippen molar-refractivity contribution in [3.63, 3.8) is 0 Å². The number of aliphatic imine (C=N–C) groups is 1. The predicted octanol–water partition coefficient (Wildman–Crippen LogP) is 3.22. The molecule has 1 aliphatic heterocycles. The van der Waals surface area contributed by atoms with Crippen molar-refractivity contribution in [2.45, 2.75) is 0 Å². The summed E-state index contributed by atoms with van der Waals surface area (Å²) in [4.78, 5) is 14.8. The van der Waals surface area contributed by atoms with Gasteiger partial charge in [-0.1, -0.05) is 23.4 Å². The van der Waals surface area contributed by atoms with Crippen LogP contribution in [-0.4, -0.2) is 34.3 Å². The lowest BCUT2D eigenvalue weighted by Gasteiger charge is -2.11. The van der Waals surface area contributed by atoms with Crippen LogP contribution in [0.15, 0.2) is 44.8 Å². The number of hydrogen-bond acceptors (Lipinski definition) is 6. The normalized spacial score (nSPS) is 13.9. The van der Waals surface area contributed by atoms with Crippen LogP contribution in [-0.2, 0) is 4.79 Å². The van der Waals surface area contributed by atoms with Gasteiger partial charge in [0.25, 0.3) is 0 Å². The third-order valence-corrected chi connectivity index (χ3v) is 4.30. The highest BCUT2D eigenvalue weighted by Gasteiger charge is 2.15. The maximum Gasteiger partial charge on any atom is 0.313 e. The second kappa shape index (κ2) is 7.06. The number of furan rings is 1. The molecule has 0 unspecified atom stereocenters. The lowest BCUT2D eigenvalue weighted by atomic mass is 10.2. The zero-order chi connectivity index (χ0) is 17.1. The summed E-state index contributed by atoms with van der Waals surface area (Å²) >= 11 is 6.88. The van der Waals surface area contributed by atoms with Gasteiger partial charge in [0, 0.05) is 5.56 Å². The topological polar surface area (TPSA) is 87.2 Å². The Hall–Kier alpha value is -2.32. The first-order valence-corrected chi connectivity index (χ1v) is 8.16. The predicted molar refractivity (Wildman–Crippen MR) is 91.2 cm³/mol. The highest BCUT2D eigenvalue weighted by Crippen LogP contribution is 2.27. The molecule has 0 aliphatic carbocycles. The second-order valence-electron chi connectivity index (χ2n) is 4.76.